The molecular weight excluding hydrogens is 662 g/mol. The zero-order chi connectivity index (χ0) is 31.5. The zero-order valence-electron chi connectivity index (χ0n) is 23.7. The Labute approximate surface area is 279 Å². The van der Waals surface area contributed by atoms with Crippen molar-refractivity contribution in [2.24, 2.45) is 4.99 Å². The number of hydrogen-bond donors (Lipinski definition) is 2. The largest absolute Gasteiger partial charge is 0.481 e. The fraction of sp³-hybridized carbons (Fsp3) is 0.156. The number of amidine groups is 1. The molecule has 0 spiro atoms. The van der Waals surface area contributed by atoms with Crippen LogP contribution in [0, 0.1) is 13.8 Å². The molecule has 1 saturated heterocycles. The van der Waals surface area contributed by atoms with Crippen molar-refractivity contribution < 1.29 is 14.3 Å². The van der Waals surface area contributed by atoms with Gasteiger partial charge < -0.3 is 10.1 Å². The van der Waals surface area contributed by atoms with Gasteiger partial charge in [0.15, 0.2) is 6.10 Å². The van der Waals surface area contributed by atoms with Crippen LogP contribution in [0.15, 0.2) is 88.8 Å². The Morgan fingerprint density at radius 2 is 1.59 bits per heavy atom. The molecule has 4 aromatic rings. The molecule has 1 heterocycles. The monoisotopic (exact) mass is 686 g/mol. The lowest BCUT2D eigenvalue weighted by Gasteiger charge is -2.19. The van der Waals surface area contributed by atoms with E-state index in [1.807, 2.05) is 56.3 Å². The number of hydrogen-bond acceptors (Lipinski definition) is 5. The highest BCUT2D eigenvalue weighted by molar-refractivity contribution is 8.01. The molecule has 0 saturated carbocycles. The van der Waals surface area contributed by atoms with E-state index < -0.39 is 11.4 Å². The molecule has 0 aromatic heterocycles. The average Bonchev–Trinajstić information content (AvgIpc) is 3.26. The summed E-state index contributed by atoms with van der Waals surface area (Å²) in [6.45, 7) is 5.56. The Morgan fingerprint density at radius 3 is 2.30 bits per heavy atom. The third-order valence-electron chi connectivity index (χ3n) is 6.56. The first-order chi connectivity index (χ1) is 21.0. The number of hydrazine groups is 1. The van der Waals surface area contributed by atoms with Gasteiger partial charge in [0, 0.05) is 9.92 Å². The Morgan fingerprint density at radius 1 is 0.932 bits per heavy atom. The summed E-state index contributed by atoms with van der Waals surface area (Å²) >= 11 is 26.8. The van der Waals surface area contributed by atoms with Crippen molar-refractivity contribution in [3.05, 3.63) is 110 Å². The first-order valence-electron chi connectivity index (χ1n) is 13.4. The van der Waals surface area contributed by atoms with Gasteiger partial charge in [-0.05, 0) is 74.9 Å². The van der Waals surface area contributed by atoms with Crippen molar-refractivity contribution in [1.29, 1.82) is 0 Å². The fourth-order valence-corrected chi connectivity index (χ4v) is 6.54. The van der Waals surface area contributed by atoms with E-state index in [1.165, 1.54) is 28.9 Å². The van der Waals surface area contributed by atoms with E-state index in [9.17, 15) is 9.59 Å². The van der Waals surface area contributed by atoms with E-state index in [2.05, 4.69) is 10.7 Å². The number of carbonyl (C=O) groups excluding carboxylic acids is 2. The lowest BCUT2D eigenvalue weighted by molar-refractivity contribution is -0.122. The summed E-state index contributed by atoms with van der Waals surface area (Å²) in [6.07, 6.45) is -0.782. The van der Waals surface area contributed by atoms with Gasteiger partial charge in [0.1, 0.15) is 22.5 Å². The first-order valence-corrected chi connectivity index (χ1v) is 15.8. The number of aryl methyl sites for hydroxylation is 2. The summed E-state index contributed by atoms with van der Waals surface area (Å²) in [5.41, 5.74) is 6.31. The maximum Gasteiger partial charge on any atom is 0.267 e. The van der Waals surface area contributed by atoms with Crippen LogP contribution in [0.25, 0.3) is 0 Å². The van der Waals surface area contributed by atoms with Crippen molar-refractivity contribution in [2.75, 3.05) is 10.3 Å². The molecule has 7 nitrogen and oxygen atoms in total. The highest BCUT2D eigenvalue weighted by Gasteiger charge is 2.41. The van der Waals surface area contributed by atoms with Gasteiger partial charge in [0.25, 0.3) is 11.8 Å². The van der Waals surface area contributed by atoms with Crippen molar-refractivity contribution in [1.82, 2.24) is 5.43 Å². The summed E-state index contributed by atoms with van der Waals surface area (Å²) in [6, 6.07) is 23.0. The van der Waals surface area contributed by atoms with Gasteiger partial charge in [-0.25, -0.2) is 10.0 Å². The van der Waals surface area contributed by atoms with Crippen LogP contribution >= 0.6 is 58.2 Å². The molecule has 1 aliphatic rings. The number of anilines is 2. The maximum atomic E-state index is 14.0. The molecule has 226 valence electrons. The fourth-order valence-electron chi connectivity index (χ4n) is 4.31. The number of benzene rings is 4. The van der Waals surface area contributed by atoms with E-state index in [4.69, 9.17) is 56.1 Å². The SMILES string of the molecule is Cc1ccc(OC(C)C(=O)Nc2ccccc2SC2C(=O)N(c3c(Cl)cc(Cl)cc3Cl)NC2=Nc2cc(C)ccc2Cl)cc1. The molecule has 2 amide bonds. The zero-order valence-corrected chi connectivity index (χ0v) is 27.5. The lowest BCUT2D eigenvalue weighted by atomic mass is 10.2. The summed E-state index contributed by atoms with van der Waals surface area (Å²) in [5.74, 6) is 0.141. The van der Waals surface area contributed by atoms with Crippen LogP contribution in [0.4, 0.5) is 17.1 Å². The van der Waals surface area contributed by atoms with Gasteiger partial charge in [-0.2, -0.15) is 0 Å². The molecular formula is C32H26Cl4N4O3S. The Balaban J connectivity index is 1.46. The second kappa shape index (κ2) is 13.7. The second-order valence-corrected chi connectivity index (χ2v) is 12.8. The summed E-state index contributed by atoms with van der Waals surface area (Å²) in [5, 5.41) is 4.40. The van der Waals surface area contributed by atoms with Crippen LogP contribution in [0.2, 0.25) is 20.1 Å². The molecule has 1 fully saturated rings. The van der Waals surface area contributed by atoms with Gasteiger partial charge >= 0.3 is 0 Å². The van der Waals surface area contributed by atoms with E-state index in [0.717, 1.165) is 11.1 Å². The number of nitrogens with zero attached hydrogens (tertiary/aromatic N) is 2. The van der Waals surface area contributed by atoms with Crippen LogP contribution in [0.1, 0.15) is 18.1 Å². The lowest BCUT2D eigenvalue weighted by Crippen LogP contribution is -2.36. The minimum absolute atomic E-state index is 0.178. The minimum atomic E-state index is -0.881. The van der Waals surface area contributed by atoms with Crippen LogP contribution in [-0.2, 0) is 9.59 Å². The quantitative estimate of drug-likeness (QED) is 0.193. The molecule has 44 heavy (non-hydrogen) atoms. The number of halogens is 4. The number of para-hydroxylation sites is 1. The van der Waals surface area contributed by atoms with E-state index in [-0.39, 0.29) is 27.5 Å². The number of nitrogens with one attached hydrogen (secondary N) is 2. The second-order valence-electron chi connectivity index (χ2n) is 10.0. The maximum absolute atomic E-state index is 14.0. The van der Waals surface area contributed by atoms with Gasteiger partial charge in [-0.15, -0.1) is 11.8 Å². The van der Waals surface area contributed by atoms with Crippen LogP contribution in [0.3, 0.4) is 0 Å². The highest BCUT2D eigenvalue weighted by Crippen LogP contribution is 2.41. The predicted molar refractivity (Wildman–Crippen MR) is 181 cm³/mol. The summed E-state index contributed by atoms with van der Waals surface area (Å²) < 4.78 is 5.84. The van der Waals surface area contributed by atoms with Gasteiger partial charge in [0.05, 0.1) is 26.4 Å². The summed E-state index contributed by atoms with van der Waals surface area (Å²) in [4.78, 5) is 32.5. The number of carbonyl (C=O) groups is 2. The third kappa shape index (κ3) is 7.28. The number of ether oxygens (including phenoxy) is 1. The number of thioether (sulfide) groups is 1. The number of rotatable bonds is 8. The van der Waals surface area contributed by atoms with Crippen LogP contribution < -0.4 is 20.5 Å². The Kier molecular flexibility index (Phi) is 9.97. The average molecular weight is 688 g/mol. The van der Waals surface area contributed by atoms with E-state index in [1.54, 1.807) is 31.2 Å². The van der Waals surface area contributed by atoms with E-state index in [0.29, 0.717) is 37.9 Å². The third-order valence-corrected chi connectivity index (χ3v) is 8.94. The van der Waals surface area contributed by atoms with Gasteiger partial charge in [0.2, 0.25) is 0 Å². The smallest absolute Gasteiger partial charge is 0.267 e. The summed E-state index contributed by atoms with van der Waals surface area (Å²) in [7, 11) is 0. The molecule has 1 aliphatic heterocycles. The van der Waals surface area contributed by atoms with Gasteiger partial charge in [-0.3, -0.25) is 15.0 Å². The number of amides is 2. The highest BCUT2D eigenvalue weighted by atomic mass is 35.5. The molecule has 0 radical (unpaired) electrons. The van der Waals surface area contributed by atoms with Gasteiger partial charge in [-0.1, -0.05) is 82.3 Å². The Hall–Kier alpha value is -3.40. The van der Waals surface area contributed by atoms with E-state index >= 15 is 0 Å². The van der Waals surface area contributed by atoms with Crippen molar-refractivity contribution >= 4 is 92.9 Å². The topological polar surface area (TPSA) is 83.0 Å². The van der Waals surface area contributed by atoms with Crippen LogP contribution in [-0.4, -0.2) is 29.0 Å². The molecule has 2 atom stereocenters. The molecule has 0 bridgehead atoms. The van der Waals surface area contributed by atoms with Crippen molar-refractivity contribution in [3.8, 4) is 5.75 Å². The molecule has 12 heteroatoms. The number of aliphatic imine (C=N–C) groups is 1. The van der Waals surface area contributed by atoms with Crippen molar-refractivity contribution in [2.45, 2.75) is 37.0 Å². The standard InChI is InChI=1S/C32H26Cl4N4O3S/c1-17-8-11-21(12-9-17)43-19(3)31(41)38-25-6-4-5-7-27(25)44-29-30(37-26-14-18(2)10-13-22(26)34)39-40(32(29)42)28-23(35)15-20(33)16-24(28)36/h4-16,19,29H,1-3H3,(H,37,39)(H,38,41). The molecule has 4 aromatic carbocycles. The molecule has 2 unspecified atom stereocenters. The molecule has 0 aliphatic carbocycles. The van der Waals surface area contributed by atoms with Crippen molar-refractivity contribution in [3.63, 3.8) is 0 Å². The first kappa shape index (κ1) is 32.0. The Bertz CT molecular complexity index is 1740. The molecule has 2 N–H and O–H groups in total. The predicted octanol–water partition coefficient (Wildman–Crippen LogP) is 9.07. The minimum Gasteiger partial charge on any atom is -0.481 e. The van der Waals surface area contributed by atoms with Crippen LogP contribution in [0.5, 0.6) is 5.75 Å². The normalized spacial score (nSPS) is 16.2. The molecule has 5 rings (SSSR count).